The predicted octanol–water partition coefficient (Wildman–Crippen LogP) is 2.58. The summed E-state index contributed by atoms with van der Waals surface area (Å²) in [5, 5.41) is 8.55. The smallest absolute Gasteiger partial charge is 0.142 e. The number of nitrogens with zero attached hydrogens (tertiary/aromatic N) is 2. The first-order valence-corrected chi connectivity index (χ1v) is 5.75. The molecule has 0 aromatic heterocycles. The Bertz CT molecular complexity index is 384. The van der Waals surface area contributed by atoms with Gasteiger partial charge in [0.1, 0.15) is 5.75 Å². The molecule has 0 bridgehead atoms. The van der Waals surface area contributed by atoms with Crippen molar-refractivity contribution in [1.82, 2.24) is 0 Å². The van der Waals surface area contributed by atoms with Crippen LogP contribution in [0, 0.1) is 11.3 Å². The van der Waals surface area contributed by atoms with Crippen molar-refractivity contribution in [3.05, 3.63) is 24.3 Å². The molecule has 1 aliphatic heterocycles. The minimum Gasteiger partial charge on any atom is -0.491 e. The summed E-state index contributed by atoms with van der Waals surface area (Å²) in [5.41, 5.74) is 1.16. The number of ether oxygens (including phenoxy) is 1. The van der Waals surface area contributed by atoms with Crippen LogP contribution in [0.25, 0.3) is 0 Å². The fourth-order valence-corrected chi connectivity index (χ4v) is 1.98. The summed E-state index contributed by atoms with van der Waals surface area (Å²) in [6, 6.07) is 10.3. The Morgan fingerprint density at radius 2 is 2.25 bits per heavy atom. The van der Waals surface area contributed by atoms with E-state index >= 15 is 0 Å². The van der Waals surface area contributed by atoms with Crippen LogP contribution in [0.15, 0.2) is 24.3 Å². The summed E-state index contributed by atoms with van der Waals surface area (Å²) in [6.07, 6.45) is 2.59. The van der Waals surface area contributed by atoms with Gasteiger partial charge in [-0.2, -0.15) is 5.26 Å². The summed E-state index contributed by atoms with van der Waals surface area (Å²) in [6.45, 7) is 2.74. The van der Waals surface area contributed by atoms with E-state index < -0.39 is 0 Å². The Morgan fingerprint density at radius 1 is 1.38 bits per heavy atom. The molecule has 1 heterocycles. The number of nitriles is 1. The van der Waals surface area contributed by atoms with E-state index in [-0.39, 0.29) is 0 Å². The quantitative estimate of drug-likeness (QED) is 0.728. The van der Waals surface area contributed by atoms with Gasteiger partial charge in [-0.1, -0.05) is 12.1 Å². The second-order valence-corrected chi connectivity index (χ2v) is 3.92. The minimum atomic E-state index is 0.625. The highest BCUT2D eigenvalue weighted by molar-refractivity contribution is 5.58. The summed E-state index contributed by atoms with van der Waals surface area (Å²) in [7, 11) is 0. The fraction of sp³-hybridized carbons (Fsp3) is 0.462. The number of hydrogen-bond donors (Lipinski definition) is 0. The van der Waals surface area contributed by atoms with Gasteiger partial charge in [0.2, 0.25) is 0 Å². The molecule has 0 saturated heterocycles. The number of hydrogen-bond acceptors (Lipinski definition) is 3. The molecule has 0 spiro atoms. The van der Waals surface area contributed by atoms with E-state index in [2.05, 4.69) is 17.0 Å². The van der Waals surface area contributed by atoms with Crippen LogP contribution in [-0.2, 0) is 0 Å². The average molecular weight is 216 g/mol. The molecular formula is C13H16N2O. The van der Waals surface area contributed by atoms with Crippen LogP contribution in [-0.4, -0.2) is 19.7 Å². The summed E-state index contributed by atoms with van der Waals surface area (Å²) in [5.74, 6) is 0.969. The van der Waals surface area contributed by atoms with Crippen molar-refractivity contribution >= 4 is 5.69 Å². The van der Waals surface area contributed by atoms with Crippen LogP contribution in [0.5, 0.6) is 5.75 Å². The fourth-order valence-electron chi connectivity index (χ4n) is 1.98. The van der Waals surface area contributed by atoms with E-state index in [9.17, 15) is 0 Å². The van der Waals surface area contributed by atoms with Crippen molar-refractivity contribution in [2.45, 2.75) is 19.3 Å². The normalized spacial score (nSPS) is 14.6. The third-order valence-electron chi connectivity index (χ3n) is 2.75. The van der Waals surface area contributed by atoms with Gasteiger partial charge >= 0.3 is 0 Å². The highest BCUT2D eigenvalue weighted by Gasteiger charge is 2.14. The molecular weight excluding hydrogens is 200 g/mol. The molecule has 0 aliphatic carbocycles. The average Bonchev–Trinajstić information content (AvgIpc) is 2.52. The Kier molecular flexibility index (Phi) is 3.66. The van der Waals surface area contributed by atoms with Crippen molar-refractivity contribution in [3.63, 3.8) is 0 Å². The molecule has 2 rings (SSSR count). The van der Waals surface area contributed by atoms with Crippen LogP contribution in [0.4, 0.5) is 5.69 Å². The maximum Gasteiger partial charge on any atom is 0.142 e. The zero-order valence-electron chi connectivity index (χ0n) is 9.35. The van der Waals surface area contributed by atoms with Gasteiger partial charge < -0.3 is 9.64 Å². The van der Waals surface area contributed by atoms with Gasteiger partial charge in [-0.05, 0) is 25.0 Å². The number of anilines is 1. The SMILES string of the molecule is N#CCCCN1CCCOc2ccccc21. The van der Waals surface area contributed by atoms with E-state index in [0.717, 1.165) is 44.0 Å². The van der Waals surface area contributed by atoms with Gasteiger partial charge in [-0.15, -0.1) is 0 Å². The van der Waals surface area contributed by atoms with Crippen molar-refractivity contribution in [1.29, 1.82) is 5.26 Å². The highest BCUT2D eigenvalue weighted by atomic mass is 16.5. The number of unbranched alkanes of at least 4 members (excludes halogenated alkanes) is 1. The molecule has 84 valence electrons. The van der Waals surface area contributed by atoms with Crippen LogP contribution in [0.3, 0.4) is 0 Å². The molecule has 1 aliphatic rings. The highest BCUT2D eigenvalue weighted by Crippen LogP contribution is 2.30. The van der Waals surface area contributed by atoms with E-state index in [1.807, 2.05) is 18.2 Å². The second-order valence-electron chi connectivity index (χ2n) is 3.92. The van der Waals surface area contributed by atoms with Crippen molar-refractivity contribution in [3.8, 4) is 11.8 Å². The molecule has 0 unspecified atom stereocenters. The third kappa shape index (κ3) is 2.46. The van der Waals surface area contributed by atoms with Gasteiger partial charge in [0.05, 0.1) is 18.4 Å². The Balaban J connectivity index is 2.10. The van der Waals surface area contributed by atoms with Crippen LogP contribution in [0.1, 0.15) is 19.3 Å². The number of rotatable bonds is 3. The van der Waals surface area contributed by atoms with Gasteiger partial charge in [0, 0.05) is 19.5 Å². The predicted molar refractivity (Wildman–Crippen MR) is 63.6 cm³/mol. The molecule has 0 N–H and O–H groups in total. The van der Waals surface area contributed by atoms with Crippen LogP contribution < -0.4 is 9.64 Å². The molecule has 0 fully saturated rings. The molecule has 1 aromatic rings. The number of benzene rings is 1. The first-order valence-electron chi connectivity index (χ1n) is 5.75. The molecule has 1 aromatic carbocycles. The lowest BCUT2D eigenvalue weighted by Crippen LogP contribution is -2.24. The largest absolute Gasteiger partial charge is 0.491 e. The van der Waals surface area contributed by atoms with Crippen molar-refractivity contribution < 1.29 is 4.74 Å². The summed E-state index contributed by atoms with van der Waals surface area (Å²) >= 11 is 0. The number of para-hydroxylation sites is 2. The topological polar surface area (TPSA) is 36.3 Å². The van der Waals surface area contributed by atoms with E-state index in [0.29, 0.717) is 6.42 Å². The standard InChI is InChI=1S/C13H16N2O/c14-8-3-4-9-15-10-5-11-16-13-7-2-1-6-12(13)15/h1-2,6-7H,3-5,9-11H2. The summed E-state index contributed by atoms with van der Waals surface area (Å²) < 4.78 is 5.68. The van der Waals surface area contributed by atoms with E-state index in [1.165, 1.54) is 0 Å². The van der Waals surface area contributed by atoms with Gasteiger partial charge in [0.25, 0.3) is 0 Å². The lowest BCUT2D eigenvalue weighted by Gasteiger charge is -2.23. The molecule has 3 heteroatoms. The molecule has 0 radical (unpaired) electrons. The second kappa shape index (κ2) is 5.41. The Labute approximate surface area is 96.2 Å². The monoisotopic (exact) mass is 216 g/mol. The van der Waals surface area contributed by atoms with Gasteiger partial charge in [0.15, 0.2) is 0 Å². The lowest BCUT2D eigenvalue weighted by molar-refractivity contribution is 0.322. The Hall–Kier alpha value is -1.69. The van der Waals surface area contributed by atoms with E-state index in [4.69, 9.17) is 10.00 Å². The summed E-state index contributed by atoms with van der Waals surface area (Å²) in [4.78, 5) is 2.32. The lowest BCUT2D eigenvalue weighted by atomic mass is 10.2. The van der Waals surface area contributed by atoms with Crippen LogP contribution >= 0.6 is 0 Å². The molecule has 0 amide bonds. The van der Waals surface area contributed by atoms with Crippen molar-refractivity contribution in [2.24, 2.45) is 0 Å². The maximum absolute atomic E-state index is 8.55. The van der Waals surface area contributed by atoms with Crippen molar-refractivity contribution in [2.75, 3.05) is 24.6 Å². The first-order chi connectivity index (χ1) is 7.92. The molecule has 0 atom stereocenters. The Morgan fingerprint density at radius 3 is 3.12 bits per heavy atom. The zero-order valence-corrected chi connectivity index (χ0v) is 9.35. The third-order valence-corrected chi connectivity index (χ3v) is 2.75. The van der Waals surface area contributed by atoms with Gasteiger partial charge in [-0.3, -0.25) is 0 Å². The van der Waals surface area contributed by atoms with Crippen LogP contribution in [0.2, 0.25) is 0 Å². The number of fused-ring (bicyclic) bond motifs is 1. The first kappa shape index (κ1) is 10.8. The maximum atomic E-state index is 8.55. The zero-order chi connectivity index (χ0) is 11.2. The molecule has 16 heavy (non-hydrogen) atoms. The van der Waals surface area contributed by atoms with Gasteiger partial charge in [-0.25, -0.2) is 0 Å². The molecule has 0 saturated carbocycles. The van der Waals surface area contributed by atoms with E-state index in [1.54, 1.807) is 0 Å². The minimum absolute atomic E-state index is 0.625. The molecule has 3 nitrogen and oxygen atoms in total.